The van der Waals surface area contributed by atoms with Crippen molar-refractivity contribution in [2.45, 2.75) is 39.3 Å². The van der Waals surface area contributed by atoms with Crippen LogP contribution in [0, 0.1) is 0 Å². The summed E-state index contributed by atoms with van der Waals surface area (Å²) in [6.07, 6.45) is 1.20. The monoisotopic (exact) mass is 390 g/mol. The predicted octanol–water partition coefficient (Wildman–Crippen LogP) is 4.59. The van der Waals surface area contributed by atoms with Gasteiger partial charge >= 0.3 is 0 Å². The maximum atomic E-state index is 3.62. The van der Waals surface area contributed by atoms with Gasteiger partial charge in [-0.3, -0.25) is 0 Å². The molecule has 1 rings (SSSR count). The fraction of sp³-hybridized carbons (Fsp3) is 0.600. The molecule has 108 valence electrons. The Morgan fingerprint density at radius 1 is 1.26 bits per heavy atom. The first-order valence-electron chi connectivity index (χ1n) is 6.84. The van der Waals surface area contributed by atoms with E-state index in [0.29, 0.717) is 12.1 Å². The highest BCUT2D eigenvalue weighted by molar-refractivity contribution is 9.11. The van der Waals surface area contributed by atoms with Gasteiger partial charge in [-0.1, -0.05) is 44.8 Å². The highest BCUT2D eigenvalue weighted by atomic mass is 79.9. The second kappa shape index (κ2) is 8.40. The lowest BCUT2D eigenvalue weighted by atomic mass is 10.1. The van der Waals surface area contributed by atoms with Crippen LogP contribution in [0.2, 0.25) is 0 Å². The molecule has 1 N–H and O–H groups in total. The van der Waals surface area contributed by atoms with Gasteiger partial charge in [0.25, 0.3) is 0 Å². The Morgan fingerprint density at radius 2 is 1.95 bits per heavy atom. The summed E-state index contributed by atoms with van der Waals surface area (Å²) in [5, 5.41) is 3.58. The average molecular weight is 392 g/mol. The topological polar surface area (TPSA) is 15.3 Å². The molecule has 0 bridgehead atoms. The fourth-order valence-electron chi connectivity index (χ4n) is 1.95. The Morgan fingerprint density at radius 3 is 2.53 bits per heavy atom. The lowest BCUT2D eigenvalue weighted by Gasteiger charge is -2.25. The van der Waals surface area contributed by atoms with E-state index < -0.39 is 0 Å². The average Bonchev–Trinajstić information content (AvgIpc) is 2.37. The number of hydrogen-bond donors (Lipinski definition) is 1. The minimum Gasteiger partial charge on any atom is -0.309 e. The van der Waals surface area contributed by atoms with Crippen LogP contribution in [0.1, 0.15) is 38.8 Å². The van der Waals surface area contributed by atoms with Crippen molar-refractivity contribution in [2.24, 2.45) is 0 Å². The molecular weight excluding hydrogens is 368 g/mol. The molecule has 0 aliphatic rings. The third-order valence-electron chi connectivity index (χ3n) is 3.69. The highest BCUT2D eigenvalue weighted by Gasteiger charge is 2.10. The van der Waals surface area contributed by atoms with Gasteiger partial charge in [0.1, 0.15) is 0 Å². The minimum absolute atomic E-state index is 0.354. The lowest BCUT2D eigenvalue weighted by molar-refractivity contribution is 0.249. The van der Waals surface area contributed by atoms with Crippen LogP contribution in [0.4, 0.5) is 0 Å². The second-order valence-electron chi connectivity index (χ2n) is 5.08. The summed E-state index contributed by atoms with van der Waals surface area (Å²) < 4.78 is 2.25. The van der Waals surface area contributed by atoms with Gasteiger partial charge in [0.2, 0.25) is 0 Å². The molecule has 0 spiro atoms. The van der Waals surface area contributed by atoms with E-state index in [0.717, 1.165) is 22.0 Å². The number of likely N-dealkylation sites (N-methyl/N-ethyl adjacent to an activating group) is 1. The first-order chi connectivity index (χ1) is 8.95. The van der Waals surface area contributed by atoms with E-state index in [2.05, 4.69) is 88.1 Å². The first-order valence-corrected chi connectivity index (χ1v) is 8.42. The van der Waals surface area contributed by atoms with Crippen LogP contribution in [-0.2, 0) is 0 Å². The van der Waals surface area contributed by atoms with Crippen LogP contribution < -0.4 is 5.32 Å². The van der Waals surface area contributed by atoms with Crippen molar-refractivity contribution >= 4 is 31.9 Å². The third-order valence-corrected chi connectivity index (χ3v) is 4.87. The van der Waals surface area contributed by atoms with E-state index in [-0.39, 0.29) is 0 Å². The normalized spacial score (nSPS) is 14.7. The van der Waals surface area contributed by atoms with E-state index in [1.54, 1.807) is 0 Å². The van der Waals surface area contributed by atoms with Crippen molar-refractivity contribution in [2.75, 3.05) is 20.1 Å². The Labute approximate surface area is 134 Å². The maximum absolute atomic E-state index is 3.62. The Hall–Kier alpha value is 0.1000. The number of nitrogens with zero attached hydrogens (tertiary/aromatic N) is 1. The van der Waals surface area contributed by atoms with Crippen LogP contribution >= 0.6 is 31.9 Å². The molecule has 1 aromatic rings. The summed E-state index contributed by atoms with van der Waals surface area (Å²) >= 11 is 7.11. The van der Waals surface area contributed by atoms with Crippen molar-refractivity contribution < 1.29 is 0 Å². The molecule has 0 saturated heterocycles. The Kier molecular flexibility index (Phi) is 7.58. The molecule has 2 unspecified atom stereocenters. The smallest absolute Gasteiger partial charge is 0.0303 e. The molecule has 0 aliphatic heterocycles. The molecule has 1 aromatic carbocycles. The zero-order valence-corrected chi connectivity index (χ0v) is 15.4. The summed E-state index contributed by atoms with van der Waals surface area (Å²) in [7, 11) is 2.19. The number of benzene rings is 1. The van der Waals surface area contributed by atoms with Crippen molar-refractivity contribution in [1.29, 1.82) is 0 Å². The number of hydrogen-bond acceptors (Lipinski definition) is 2. The Bertz CT molecular complexity index is 396. The van der Waals surface area contributed by atoms with Gasteiger partial charge in [0, 0.05) is 34.1 Å². The summed E-state index contributed by atoms with van der Waals surface area (Å²) in [6, 6.07) is 7.34. The van der Waals surface area contributed by atoms with E-state index in [4.69, 9.17) is 0 Å². The molecule has 2 atom stereocenters. The number of nitrogens with one attached hydrogen (secondary N) is 1. The van der Waals surface area contributed by atoms with Gasteiger partial charge in [0.15, 0.2) is 0 Å². The van der Waals surface area contributed by atoms with E-state index >= 15 is 0 Å². The summed E-state index contributed by atoms with van der Waals surface area (Å²) in [5.74, 6) is 0. The molecule has 4 heteroatoms. The molecule has 0 saturated carbocycles. The van der Waals surface area contributed by atoms with Crippen LogP contribution in [0.3, 0.4) is 0 Å². The zero-order chi connectivity index (χ0) is 14.4. The van der Waals surface area contributed by atoms with Gasteiger partial charge < -0.3 is 10.2 Å². The molecule has 0 aliphatic carbocycles. The summed E-state index contributed by atoms with van der Waals surface area (Å²) in [5.41, 5.74) is 1.30. The summed E-state index contributed by atoms with van der Waals surface area (Å²) in [6.45, 7) is 8.79. The van der Waals surface area contributed by atoms with Gasteiger partial charge in [-0.2, -0.15) is 0 Å². The van der Waals surface area contributed by atoms with Crippen LogP contribution in [-0.4, -0.2) is 31.1 Å². The number of rotatable bonds is 7. The predicted molar refractivity (Wildman–Crippen MR) is 90.6 cm³/mol. The van der Waals surface area contributed by atoms with Gasteiger partial charge in [-0.15, -0.1) is 0 Å². The molecular formula is C15H24Br2N2. The molecule has 0 heterocycles. The van der Waals surface area contributed by atoms with Crippen molar-refractivity contribution in [1.82, 2.24) is 10.2 Å². The molecule has 0 radical (unpaired) electrons. The quantitative estimate of drug-likeness (QED) is 0.730. The molecule has 0 fully saturated rings. The van der Waals surface area contributed by atoms with Gasteiger partial charge in [-0.05, 0) is 45.0 Å². The molecule has 0 aromatic heterocycles. The van der Waals surface area contributed by atoms with Gasteiger partial charge in [-0.25, -0.2) is 0 Å². The SMILES string of the molecule is CCC(C)N(C)CCNC(C)c1ccc(Br)cc1Br. The van der Waals surface area contributed by atoms with Crippen LogP contribution in [0.5, 0.6) is 0 Å². The largest absolute Gasteiger partial charge is 0.309 e. The standard InChI is InChI=1S/C15H24Br2N2/c1-5-11(2)19(4)9-8-18-12(3)14-7-6-13(16)10-15(14)17/h6-7,10-12,18H,5,8-9H2,1-4H3. The minimum atomic E-state index is 0.354. The van der Waals surface area contributed by atoms with Crippen LogP contribution in [0.15, 0.2) is 27.1 Å². The molecule has 0 amide bonds. The lowest BCUT2D eigenvalue weighted by Crippen LogP contribution is -2.35. The molecule has 2 nitrogen and oxygen atoms in total. The van der Waals surface area contributed by atoms with Crippen molar-refractivity contribution in [3.05, 3.63) is 32.7 Å². The van der Waals surface area contributed by atoms with E-state index in [1.807, 2.05) is 0 Å². The van der Waals surface area contributed by atoms with E-state index in [9.17, 15) is 0 Å². The second-order valence-corrected chi connectivity index (χ2v) is 6.85. The molecule has 19 heavy (non-hydrogen) atoms. The van der Waals surface area contributed by atoms with Crippen molar-refractivity contribution in [3.63, 3.8) is 0 Å². The third kappa shape index (κ3) is 5.54. The summed E-state index contributed by atoms with van der Waals surface area (Å²) in [4.78, 5) is 2.40. The van der Waals surface area contributed by atoms with Crippen LogP contribution in [0.25, 0.3) is 0 Å². The van der Waals surface area contributed by atoms with Crippen molar-refractivity contribution in [3.8, 4) is 0 Å². The number of halogens is 2. The van der Waals surface area contributed by atoms with E-state index in [1.165, 1.54) is 12.0 Å². The Balaban J connectivity index is 2.45. The first kappa shape index (κ1) is 17.2. The van der Waals surface area contributed by atoms with Gasteiger partial charge in [0.05, 0.1) is 0 Å². The fourth-order valence-corrected chi connectivity index (χ4v) is 3.34. The zero-order valence-electron chi connectivity index (χ0n) is 12.2. The maximum Gasteiger partial charge on any atom is 0.0303 e. The highest BCUT2D eigenvalue weighted by Crippen LogP contribution is 2.26.